The van der Waals surface area contributed by atoms with Gasteiger partial charge in [0, 0.05) is 24.9 Å². The molecule has 1 saturated carbocycles. The molecule has 1 atom stereocenters. The number of anilines is 1. The molecule has 1 N–H and O–H groups in total. The van der Waals surface area contributed by atoms with Gasteiger partial charge >= 0.3 is 0 Å². The maximum atomic E-state index is 14.0. The number of hydrogen-bond donors (Lipinski definition) is 1. The fourth-order valence-corrected chi connectivity index (χ4v) is 2.92. The average Bonchev–Trinajstić information content (AvgIpc) is 3.05. The topological polar surface area (TPSA) is 59.8 Å². The van der Waals surface area contributed by atoms with E-state index in [0.29, 0.717) is 17.3 Å². The molecule has 0 spiro atoms. The van der Waals surface area contributed by atoms with E-state index >= 15 is 0 Å². The molecule has 8 heteroatoms. The summed E-state index contributed by atoms with van der Waals surface area (Å²) < 4.78 is 29.3. The van der Waals surface area contributed by atoms with Crippen molar-refractivity contribution in [3.63, 3.8) is 0 Å². The third-order valence-corrected chi connectivity index (χ3v) is 4.56. The van der Waals surface area contributed by atoms with E-state index in [1.807, 2.05) is 0 Å². The minimum atomic E-state index is -3.01. The molecule has 1 amide bonds. The highest BCUT2D eigenvalue weighted by molar-refractivity contribution is 6.32. The molecule has 0 radical (unpaired) electrons. The molecule has 0 saturated heterocycles. The summed E-state index contributed by atoms with van der Waals surface area (Å²) in [6, 6.07) is 4.85. The molecule has 1 fully saturated rings. The number of aromatic nitrogens is 3. The molecule has 0 aliphatic heterocycles. The zero-order valence-corrected chi connectivity index (χ0v) is 13.1. The highest BCUT2D eigenvalue weighted by Gasteiger charge is 2.58. The number of carbonyl (C=O) groups excluding carboxylic acids is 1. The largest absolute Gasteiger partial charge is 0.309 e. The number of halogens is 3. The van der Waals surface area contributed by atoms with Gasteiger partial charge in [-0.1, -0.05) is 11.6 Å². The van der Waals surface area contributed by atoms with Crippen molar-refractivity contribution in [2.24, 2.45) is 5.41 Å². The summed E-state index contributed by atoms with van der Waals surface area (Å²) in [5, 5.41) is 6.98. The Morgan fingerprint density at radius 2 is 2.17 bits per heavy atom. The lowest BCUT2D eigenvalue weighted by Crippen LogP contribution is -2.44. The first-order valence-electron chi connectivity index (χ1n) is 7.19. The van der Waals surface area contributed by atoms with Gasteiger partial charge in [-0.2, -0.15) is 0 Å². The van der Waals surface area contributed by atoms with Crippen LogP contribution in [0.25, 0.3) is 5.82 Å². The Balaban J connectivity index is 1.80. The summed E-state index contributed by atoms with van der Waals surface area (Å²) in [4.78, 5) is 16.4. The van der Waals surface area contributed by atoms with Crippen LogP contribution in [0.1, 0.15) is 26.2 Å². The van der Waals surface area contributed by atoms with Crippen molar-refractivity contribution in [2.45, 2.75) is 32.1 Å². The zero-order valence-electron chi connectivity index (χ0n) is 12.4. The zero-order chi connectivity index (χ0) is 16.7. The standard InChI is InChI=1S/C15H15ClF2N4O/c1-14(6-3-7-15(14,17)18)13(23)20-11-5-9-22(21-11)12-10(16)4-2-8-19-12/h2,4-5,8-9H,3,6-7H2,1H3,(H,20,21,23). The molecule has 2 heterocycles. The molecule has 2 aromatic rings. The van der Waals surface area contributed by atoms with Gasteiger partial charge in [0.05, 0.1) is 5.02 Å². The van der Waals surface area contributed by atoms with Crippen molar-refractivity contribution in [2.75, 3.05) is 5.32 Å². The molecule has 0 bridgehead atoms. The molecule has 5 nitrogen and oxygen atoms in total. The predicted molar refractivity (Wildman–Crippen MR) is 81.9 cm³/mol. The monoisotopic (exact) mass is 340 g/mol. The number of rotatable bonds is 3. The molecule has 3 rings (SSSR count). The van der Waals surface area contributed by atoms with Gasteiger partial charge < -0.3 is 5.32 Å². The quantitative estimate of drug-likeness (QED) is 0.927. The van der Waals surface area contributed by atoms with Crippen LogP contribution < -0.4 is 5.32 Å². The Hall–Kier alpha value is -2.02. The molecular weight excluding hydrogens is 326 g/mol. The first-order chi connectivity index (χ1) is 10.8. The van der Waals surface area contributed by atoms with Crippen LogP contribution in [0, 0.1) is 5.41 Å². The predicted octanol–water partition coefficient (Wildman–Crippen LogP) is 3.68. The van der Waals surface area contributed by atoms with Crippen molar-refractivity contribution in [1.29, 1.82) is 0 Å². The van der Waals surface area contributed by atoms with Crippen LogP contribution in [0.15, 0.2) is 30.6 Å². The van der Waals surface area contributed by atoms with Crippen molar-refractivity contribution in [3.8, 4) is 5.82 Å². The second kappa shape index (κ2) is 5.56. The molecule has 0 aromatic carbocycles. The minimum absolute atomic E-state index is 0.151. The Morgan fingerprint density at radius 3 is 2.83 bits per heavy atom. The first-order valence-corrected chi connectivity index (χ1v) is 7.57. The van der Waals surface area contributed by atoms with E-state index in [-0.39, 0.29) is 18.7 Å². The number of nitrogens with zero attached hydrogens (tertiary/aromatic N) is 3. The Kier molecular flexibility index (Phi) is 3.83. The number of pyridine rings is 1. The van der Waals surface area contributed by atoms with Crippen LogP contribution in [0.4, 0.5) is 14.6 Å². The van der Waals surface area contributed by atoms with Gasteiger partial charge in [-0.05, 0) is 31.9 Å². The SMILES string of the molecule is CC1(C(=O)Nc2ccn(-c3ncccc3Cl)n2)CCCC1(F)F. The van der Waals surface area contributed by atoms with Gasteiger partial charge in [0.1, 0.15) is 5.41 Å². The van der Waals surface area contributed by atoms with E-state index in [9.17, 15) is 13.6 Å². The number of alkyl halides is 2. The second-order valence-corrected chi connectivity index (χ2v) is 6.21. The maximum absolute atomic E-state index is 14.0. The van der Waals surface area contributed by atoms with Crippen molar-refractivity contribution in [1.82, 2.24) is 14.8 Å². The van der Waals surface area contributed by atoms with E-state index in [0.717, 1.165) is 0 Å². The molecular formula is C15H15ClF2N4O. The van der Waals surface area contributed by atoms with Gasteiger partial charge in [-0.25, -0.2) is 18.4 Å². The first kappa shape index (κ1) is 15.9. The molecule has 1 aliphatic carbocycles. The second-order valence-electron chi connectivity index (χ2n) is 5.80. The number of hydrogen-bond acceptors (Lipinski definition) is 3. The van der Waals surface area contributed by atoms with Crippen LogP contribution in [0.3, 0.4) is 0 Å². The third-order valence-electron chi connectivity index (χ3n) is 4.26. The van der Waals surface area contributed by atoms with Gasteiger partial charge in [-0.15, -0.1) is 5.10 Å². The minimum Gasteiger partial charge on any atom is -0.309 e. The van der Waals surface area contributed by atoms with Crippen LogP contribution in [-0.2, 0) is 4.79 Å². The van der Waals surface area contributed by atoms with Crippen molar-refractivity contribution < 1.29 is 13.6 Å². The highest BCUT2D eigenvalue weighted by atomic mass is 35.5. The highest BCUT2D eigenvalue weighted by Crippen LogP contribution is 2.50. The smallest absolute Gasteiger partial charge is 0.262 e. The van der Waals surface area contributed by atoms with Crippen molar-refractivity contribution >= 4 is 23.3 Å². The summed E-state index contributed by atoms with van der Waals surface area (Å²) in [5.74, 6) is -3.16. The summed E-state index contributed by atoms with van der Waals surface area (Å²) in [6.07, 6.45) is 3.32. The molecule has 2 aromatic heterocycles. The van der Waals surface area contributed by atoms with E-state index < -0.39 is 17.2 Å². The Bertz CT molecular complexity index is 749. The molecule has 122 valence electrons. The van der Waals surface area contributed by atoms with E-state index in [4.69, 9.17) is 11.6 Å². The van der Waals surface area contributed by atoms with E-state index in [1.54, 1.807) is 24.5 Å². The van der Waals surface area contributed by atoms with Gasteiger partial charge in [-0.3, -0.25) is 4.79 Å². The summed E-state index contributed by atoms with van der Waals surface area (Å²) in [7, 11) is 0. The van der Waals surface area contributed by atoms with Gasteiger partial charge in [0.2, 0.25) is 5.91 Å². The lowest BCUT2D eigenvalue weighted by Gasteiger charge is -2.29. The Labute approximate surface area is 136 Å². The van der Waals surface area contributed by atoms with Crippen LogP contribution in [0.5, 0.6) is 0 Å². The Morgan fingerprint density at radius 1 is 1.39 bits per heavy atom. The number of nitrogens with one attached hydrogen (secondary N) is 1. The molecule has 1 unspecified atom stereocenters. The average molecular weight is 341 g/mol. The third kappa shape index (κ3) is 2.69. The van der Waals surface area contributed by atoms with Crippen molar-refractivity contribution in [3.05, 3.63) is 35.6 Å². The molecule has 23 heavy (non-hydrogen) atoms. The number of carbonyl (C=O) groups is 1. The normalized spacial score (nSPS) is 23.0. The summed E-state index contributed by atoms with van der Waals surface area (Å²) in [5.41, 5.74) is -1.71. The van der Waals surface area contributed by atoms with Gasteiger partial charge in [0.15, 0.2) is 11.6 Å². The van der Waals surface area contributed by atoms with E-state index in [2.05, 4.69) is 15.4 Å². The molecule has 1 aliphatic rings. The summed E-state index contributed by atoms with van der Waals surface area (Å²) in [6.45, 7) is 1.29. The fourth-order valence-electron chi connectivity index (χ4n) is 2.71. The van der Waals surface area contributed by atoms with Crippen LogP contribution in [-0.4, -0.2) is 26.6 Å². The number of amides is 1. The van der Waals surface area contributed by atoms with Gasteiger partial charge in [0.25, 0.3) is 5.92 Å². The maximum Gasteiger partial charge on any atom is 0.262 e. The lowest BCUT2D eigenvalue weighted by atomic mass is 9.84. The van der Waals surface area contributed by atoms with Crippen LogP contribution in [0.2, 0.25) is 5.02 Å². The lowest BCUT2D eigenvalue weighted by molar-refractivity contribution is -0.145. The van der Waals surface area contributed by atoms with Crippen LogP contribution >= 0.6 is 11.6 Å². The van der Waals surface area contributed by atoms with E-state index in [1.165, 1.54) is 17.7 Å². The summed E-state index contributed by atoms with van der Waals surface area (Å²) >= 11 is 6.03. The fraction of sp³-hybridized carbons (Fsp3) is 0.400.